The number of amides is 2. The number of ether oxygens (including phenoxy) is 3. The zero-order valence-electron chi connectivity index (χ0n) is 18.2. The summed E-state index contributed by atoms with van der Waals surface area (Å²) in [6.45, 7) is 1.10. The van der Waals surface area contributed by atoms with Crippen molar-refractivity contribution in [3.63, 3.8) is 0 Å². The van der Waals surface area contributed by atoms with E-state index in [0.717, 1.165) is 29.8 Å². The number of rotatable bonds is 6. The van der Waals surface area contributed by atoms with E-state index in [9.17, 15) is 9.59 Å². The molecule has 2 fully saturated rings. The Balaban J connectivity index is 1.50. The summed E-state index contributed by atoms with van der Waals surface area (Å²) in [5.74, 6) is 1.74. The van der Waals surface area contributed by atoms with Crippen molar-refractivity contribution in [2.24, 2.45) is 5.92 Å². The molecule has 31 heavy (non-hydrogen) atoms. The molecule has 4 rings (SSSR count). The topological polar surface area (TPSA) is 68.3 Å². The number of hydrogen-bond acceptors (Lipinski definition) is 5. The quantitative estimate of drug-likeness (QED) is 0.711. The summed E-state index contributed by atoms with van der Waals surface area (Å²) in [5.41, 5.74) is 1.82. The van der Waals surface area contributed by atoms with E-state index in [1.165, 1.54) is 0 Å². The minimum absolute atomic E-state index is 0.0163. The molecule has 2 heterocycles. The van der Waals surface area contributed by atoms with Gasteiger partial charge in [-0.1, -0.05) is 6.07 Å². The first kappa shape index (κ1) is 21.0. The fraction of sp³-hybridized carbons (Fsp3) is 0.417. The first-order valence-corrected chi connectivity index (χ1v) is 10.5. The van der Waals surface area contributed by atoms with Crippen molar-refractivity contribution in [3.8, 4) is 17.2 Å². The van der Waals surface area contributed by atoms with Crippen molar-refractivity contribution < 1.29 is 23.8 Å². The maximum atomic E-state index is 13.4. The molecule has 0 unspecified atom stereocenters. The number of carbonyl (C=O) groups is 2. The summed E-state index contributed by atoms with van der Waals surface area (Å²) in [7, 11) is 4.82. The molecule has 0 bridgehead atoms. The standard InChI is InChI=1S/C24H28N2O5/c1-29-19-9-7-18(8-10-19)26-15-17(14-23(26)27)24(28)25-12-4-5-20(25)16-6-11-21(30-2)22(13-16)31-3/h6-11,13,17,20H,4-5,12,14-15H2,1-3H3/t17-,20+/m1/s1. The molecular weight excluding hydrogens is 396 g/mol. The largest absolute Gasteiger partial charge is 0.497 e. The second-order valence-corrected chi connectivity index (χ2v) is 7.91. The van der Waals surface area contributed by atoms with Gasteiger partial charge in [-0.2, -0.15) is 0 Å². The van der Waals surface area contributed by atoms with Gasteiger partial charge >= 0.3 is 0 Å². The van der Waals surface area contributed by atoms with Gasteiger partial charge in [-0.3, -0.25) is 9.59 Å². The van der Waals surface area contributed by atoms with Crippen LogP contribution in [0.2, 0.25) is 0 Å². The lowest BCUT2D eigenvalue weighted by molar-refractivity contribution is -0.136. The first-order valence-electron chi connectivity index (χ1n) is 10.5. The Morgan fingerprint density at radius 2 is 1.71 bits per heavy atom. The lowest BCUT2D eigenvalue weighted by Crippen LogP contribution is -2.37. The highest BCUT2D eigenvalue weighted by molar-refractivity contribution is 6.00. The highest BCUT2D eigenvalue weighted by Gasteiger charge is 2.40. The predicted molar refractivity (Wildman–Crippen MR) is 117 cm³/mol. The van der Waals surface area contributed by atoms with E-state index in [1.807, 2.05) is 47.4 Å². The third-order valence-corrected chi connectivity index (χ3v) is 6.19. The molecule has 2 aliphatic heterocycles. The SMILES string of the molecule is COc1ccc(N2C[C@H](C(=O)N3CCC[C@H]3c3ccc(OC)c(OC)c3)CC2=O)cc1. The molecule has 7 nitrogen and oxygen atoms in total. The van der Waals surface area contributed by atoms with E-state index in [2.05, 4.69) is 0 Å². The van der Waals surface area contributed by atoms with Crippen LogP contribution in [0.5, 0.6) is 17.2 Å². The van der Waals surface area contributed by atoms with E-state index >= 15 is 0 Å². The molecule has 2 aromatic carbocycles. The molecule has 0 saturated carbocycles. The smallest absolute Gasteiger partial charge is 0.228 e. The average Bonchev–Trinajstić information content (AvgIpc) is 3.45. The molecule has 2 atom stereocenters. The molecular formula is C24H28N2O5. The Morgan fingerprint density at radius 3 is 2.39 bits per heavy atom. The third-order valence-electron chi connectivity index (χ3n) is 6.19. The van der Waals surface area contributed by atoms with Crippen LogP contribution >= 0.6 is 0 Å². The van der Waals surface area contributed by atoms with Crippen LogP contribution in [0.4, 0.5) is 5.69 Å². The van der Waals surface area contributed by atoms with Gasteiger partial charge in [0, 0.05) is 25.2 Å². The van der Waals surface area contributed by atoms with Crippen molar-refractivity contribution >= 4 is 17.5 Å². The lowest BCUT2D eigenvalue weighted by Gasteiger charge is -2.28. The Hall–Kier alpha value is -3.22. The monoisotopic (exact) mass is 424 g/mol. The van der Waals surface area contributed by atoms with E-state index in [4.69, 9.17) is 14.2 Å². The maximum Gasteiger partial charge on any atom is 0.228 e. The number of methoxy groups -OCH3 is 3. The Morgan fingerprint density at radius 1 is 0.968 bits per heavy atom. The van der Waals surface area contributed by atoms with Crippen molar-refractivity contribution in [1.29, 1.82) is 0 Å². The van der Waals surface area contributed by atoms with Gasteiger partial charge < -0.3 is 24.0 Å². The molecule has 0 aromatic heterocycles. The number of benzene rings is 2. The van der Waals surface area contributed by atoms with Crippen LogP contribution in [0.3, 0.4) is 0 Å². The lowest BCUT2D eigenvalue weighted by atomic mass is 10.0. The van der Waals surface area contributed by atoms with Crippen LogP contribution in [0.25, 0.3) is 0 Å². The van der Waals surface area contributed by atoms with Gasteiger partial charge in [0.2, 0.25) is 11.8 Å². The Bertz CT molecular complexity index is 959. The fourth-order valence-corrected chi connectivity index (χ4v) is 4.56. The highest BCUT2D eigenvalue weighted by atomic mass is 16.5. The number of carbonyl (C=O) groups excluding carboxylic acids is 2. The number of likely N-dealkylation sites (tertiary alicyclic amines) is 1. The van der Waals surface area contributed by atoms with E-state index in [1.54, 1.807) is 26.2 Å². The normalized spacial score (nSPS) is 20.8. The minimum Gasteiger partial charge on any atom is -0.497 e. The molecule has 2 aliphatic rings. The Labute approximate surface area is 182 Å². The molecule has 7 heteroatoms. The van der Waals surface area contributed by atoms with Gasteiger partial charge in [0.25, 0.3) is 0 Å². The van der Waals surface area contributed by atoms with Crippen molar-refractivity contribution in [2.45, 2.75) is 25.3 Å². The van der Waals surface area contributed by atoms with Crippen LogP contribution in [-0.4, -0.2) is 51.1 Å². The molecule has 0 spiro atoms. The Kier molecular flexibility index (Phi) is 6.02. The predicted octanol–water partition coefficient (Wildman–Crippen LogP) is 3.43. The number of anilines is 1. The summed E-state index contributed by atoms with van der Waals surface area (Å²) in [4.78, 5) is 29.7. The van der Waals surface area contributed by atoms with Crippen molar-refractivity contribution in [3.05, 3.63) is 48.0 Å². The van der Waals surface area contributed by atoms with Gasteiger partial charge in [0.05, 0.1) is 33.3 Å². The molecule has 0 N–H and O–H groups in total. The van der Waals surface area contributed by atoms with E-state index in [0.29, 0.717) is 24.6 Å². The summed E-state index contributed by atoms with van der Waals surface area (Å²) in [6.07, 6.45) is 2.07. The molecule has 164 valence electrons. The van der Waals surface area contributed by atoms with Crippen molar-refractivity contribution in [1.82, 2.24) is 4.90 Å². The summed E-state index contributed by atoms with van der Waals surface area (Å²) < 4.78 is 16.0. The van der Waals surface area contributed by atoms with Gasteiger partial charge in [-0.15, -0.1) is 0 Å². The average molecular weight is 424 g/mol. The van der Waals surface area contributed by atoms with Crippen LogP contribution in [0.15, 0.2) is 42.5 Å². The van der Waals surface area contributed by atoms with E-state index < -0.39 is 0 Å². The van der Waals surface area contributed by atoms with Crippen LogP contribution in [0.1, 0.15) is 30.9 Å². The zero-order valence-corrected chi connectivity index (χ0v) is 18.2. The number of nitrogens with zero attached hydrogens (tertiary/aromatic N) is 2. The van der Waals surface area contributed by atoms with Gasteiger partial charge in [-0.25, -0.2) is 0 Å². The highest BCUT2D eigenvalue weighted by Crippen LogP contribution is 2.38. The van der Waals surface area contributed by atoms with Crippen LogP contribution < -0.4 is 19.1 Å². The second-order valence-electron chi connectivity index (χ2n) is 7.91. The molecule has 2 aromatic rings. The number of hydrogen-bond donors (Lipinski definition) is 0. The maximum absolute atomic E-state index is 13.4. The summed E-state index contributed by atoms with van der Waals surface area (Å²) in [6, 6.07) is 13.1. The third kappa shape index (κ3) is 4.04. The summed E-state index contributed by atoms with van der Waals surface area (Å²) in [5, 5.41) is 0. The molecule has 0 aliphatic carbocycles. The fourth-order valence-electron chi connectivity index (χ4n) is 4.56. The molecule has 2 amide bonds. The van der Waals surface area contributed by atoms with Gasteiger partial charge in [-0.05, 0) is 54.8 Å². The summed E-state index contributed by atoms with van der Waals surface area (Å²) >= 11 is 0. The molecule has 0 radical (unpaired) electrons. The van der Waals surface area contributed by atoms with Crippen LogP contribution in [0, 0.1) is 5.92 Å². The first-order chi connectivity index (χ1) is 15.0. The van der Waals surface area contributed by atoms with Gasteiger partial charge in [0.1, 0.15) is 5.75 Å². The van der Waals surface area contributed by atoms with Gasteiger partial charge in [0.15, 0.2) is 11.5 Å². The van der Waals surface area contributed by atoms with Crippen LogP contribution in [-0.2, 0) is 9.59 Å². The van der Waals surface area contributed by atoms with Crippen molar-refractivity contribution in [2.75, 3.05) is 39.3 Å². The zero-order chi connectivity index (χ0) is 22.0. The minimum atomic E-state index is -0.338. The van der Waals surface area contributed by atoms with E-state index in [-0.39, 0.29) is 30.2 Å². The second kappa shape index (κ2) is 8.88. The molecule has 2 saturated heterocycles.